The van der Waals surface area contributed by atoms with Crippen LogP contribution in [-0.2, 0) is 22.4 Å². The normalized spacial score (nSPS) is 9.62. The van der Waals surface area contributed by atoms with E-state index >= 15 is 0 Å². The maximum absolute atomic E-state index is 9.49. The van der Waals surface area contributed by atoms with Gasteiger partial charge in [0.25, 0.3) is 0 Å². The van der Waals surface area contributed by atoms with Gasteiger partial charge in [-0.1, -0.05) is 0 Å². The van der Waals surface area contributed by atoms with Crippen LogP contribution in [0.15, 0.2) is 12.1 Å². The number of H-pyrrole nitrogens is 1. The molecule has 73 valence electrons. The van der Waals surface area contributed by atoms with Gasteiger partial charge in [0.2, 0.25) is 0 Å². The third-order valence-corrected chi connectivity index (χ3v) is 1.65. The summed E-state index contributed by atoms with van der Waals surface area (Å²) < 4.78 is 4.89. The number of ether oxygens (including phenoxy) is 1. The van der Waals surface area contributed by atoms with Gasteiger partial charge in [0.15, 0.2) is 17.0 Å². The zero-order chi connectivity index (χ0) is 8.55. The van der Waals surface area contributed by atoms with Gasteiger partial charge in [0, 0.05) is 22.4 Å². The summed E-state index contributed by atoms with van der Waals surface area (Å²) in [5, 5.41) is 19.5. The van der Waals surface area contributed by atoms with Gasteiger partial charge in [0.1, 0.15) is 5.52 Å². The fourth-order valence-corrected chi connectivity index (χ4v) is 1.04. The fourth-order valence-electron chi connectivity index (χ4n) is 1.04. The summed E-state index contributed by atoms with van der Waals surface area (Å²) in [5.74, 6) is 0.417. The van der Waals surface area contributed by atoms with Crippen LogP contribution in [0.3, 0.4) is 0 Å². The van der Waals surface area contributed by atoms with Crippen molar-refractivity contribution in [2.24, 2.45) is 0 Å². The van der Waals surface area contributed by atoms with Crippen molar-refractivity contribution in [3.63, 3.8) is 0 Å². The van der Waals surface area contributed by atoms with E-state index in [0.717, 1.165) is 0 Å². The Kier molecular flexibility index (Phi) is 2.92. The number of phenols is 1. The van der Waals surface area contributed by atoms with E-state index in [2.05, 4.69) is 15.4 Å². The summed E-state index contributed by atoms with van der Waals surface area (Å²) in [6, 6.07) is 3.36. The second kappa shape index (κ2) is 3.78. The minimum absolute atomic E-state index is 0. The quantitative estimate of drug-likeness (QED) is 0.749. The predicted molar refractivity (Wildman–Crippen MR) is 42.1 cm³/mol. The Labute approximate surface area is 89.6 Å². The molecule has 0 bridgehead atoms. The second-order valence-corrected chi connectivity index (χ2v) is 2.31. The molecule has 0 atom stereocenters. The molecule has 2 N–H and O–H groups in total. The van der Waals surface area contributed by atoms with Crippen molar-refractivity contribution in [1.82, 2.24) is 15.4 Å². The number of benzene rings is 1. The molecule has 6 heteroatoms. The van der Waals surface area contributed by atoms with Crippen molar-refractivity contribution in [1.29, 1.82) is 0 Å². The molecule has 2 aromatic rings. The van der Waals surface area contributed by atoms with E-state index in [1.165, 1.54) is 7.11 Å². The van der Waals surface area contributed by atoms with Crippen molar-refractivity contribution in [2.75, 3.05) is 7.11 Å². The summed E-state index contributed by atoms with van der Waals surface area (Å²) >= 11 is 0. The van der Waals surface area contributed by atoms with Gasteiger partial charge in [-0.05, 0) is 12.1 Å². The summed E-state index contributed by atoms with van der Waals surface area (Å²) in [4.78, 5) is 0. The van der Waals surface area contributed by atoms with Crippen molar-refractivity contribution in [2.45, 2.75) is 0 Å². The first-order chi connectivity index (χ1) is 5.83. The monoisotopic (exact) mass is 272 g/mol. The maximum atomic E-state index is 9.49. The molecular formula is C7H7AgN3O2. The fraction of sp³-hybridized carbons (Fsp3) is 0.143. The number of nitrogens with one attached hydrogen (secondary N) is 1. The molecule has 2 rings (SSSR count). The van der Waals surface area contributed by atoms with Crippen LogP contribution in [0.25, 0.3) is 11.0 Å². The minimum Gasteiger partial charge on any atom is -0.503 e. The topological polar surface area (TPSA) is 71.0 Å². The number of methoxy groups -OCH3 is 1. The van der Waals surface area contributed by atoms with Gasteiger partial charge in [-0.2, -0.15) is 15.4 Å². The molecule has 1 aromatic heterocycles. The van der Waals surface area contributed by atoms with Gasteiger partial charge in [0.05, 0.1) is 7.11 Å². The molecule has 1 radical (unpaired) electrons. The minimum atomic E-state index is 0. The first-order valence-corrected chi connectivity index (χ1v) is 3.39. The first kappa shape index (κ1) is 10.0. The van der Waals surface area contributed by atoms with Crippen LogP contribution >= 0.6 is 0 Å². The van der Waals surface area contributed by atoms with E-state index in [1.54, 1.807) is 12.1 Å². The largest absolute Gasteiger partial charge is 0.503 e. The SMILES string of the molecule is COc1ccc2n[nH]nc2c1O.[Ag]. The molecule has 0 aliphatic carbocycles. The number of hydrogen-bond acceptors (Lipinski definition) is 4. The Bertz CT molecular complexity index is 415. The zero-order valence-corrected chi connectivity index (χ0v) is 8.19. The Balaban J connectivity index is 0.000000845. The Morgan fingerprint density at radius 3 is 2.85 bits per heavy atom. The number of fused-ring (bicyclic) bond motifs is 1. The third-order valence-electron chi connectivity index (χ3n) is 1.65. The van der Waals surface area contributed by atoms with Gasteiger partial charge in [-0.25, -0.2) is 0 Å². The van der Waals surface area contributed by atoms with Crippen LogP contribution in [0, 0.1) is 0 Å². The molecule has 1 aromatic carbocycles. The maximum Gasteiger partial charge on any atom is 0.188 e. The molecule has 0 aliphatic heterocycles. The Morgan fingerprint density at radius 1 is 1.38 bits per heavy atom. The average molecular weight is 273 g/mol. The van der Waals surface area contributed by atoms with E-state index in [9.17, 15) is 5.11 Å². The van der Waals surface area contributed by atoms with E-state index in [1.807, 2.05) is 0 Å². The molecule has 5 nitrogen and oxygen atoms in total. The number of rotatable bonds is 1. The third kappa shape index (κ3) is 1.53. The van der Waals surface area contributed by atoms with Crippen LogP contribution in [0.5, 0.6) is 11.5 Å². The number of nitrogens with zero attached hydrogens (tertiary/aromatic N) is 2. The van der Waals surface area contributed by atoms with Gasteiger partial charge < -0.3 is 9.84 Å². The van der Waals surface area contributed by atoms with E-state index in [-0.39, 0.29) is 28.1 Å². The molecule has 0 saturated heterocycles. The Hall–Kier alpha value is -1.04. The summed E-state index contributed by atoms with van der Waals surface area (Å²) in [5.41, 5.74) is 1.04. The first-order valence-electron chi connectivity index (χ1n) is 3.39. The van der Waals surface area contributed by atoms with Crippen LogP contribution in [0.1, 0.15) is 0 Å². The average Bonchev–Trinajstić information content (AvgIpc) is 2.53. The summed E-state index contributed by atoms with van der Waals surface area (Å²) in [6.45, 7) is 0. The molecule has 0 aliphatic rings. The predicted octanol–water partition coefficient (Wildman–Crippen LogP) is 0.670. The van der Waals surface area contributed by atoms with Crippen LogP contribution in [-0.4, -0.2) is 27.6 Å². The Morgan fingerprint density at radius 2 is 2.15 bits per heavy atom. The summed E-state index contributed by atoms with van der Waals surface area (Å²) in [7, 11) is 1.49. The van der Waals surface area contributed by atoms with Crippen molar-refractivity contribution >= 4 is 11.0 Å². The number of phenolic OH excluding ortho intramolecular Hbond substituents is 1. The number of hydrogen-bond donors (Lipinski definition) is 2. The van der Waals surface area contributed by atoms with Crippen LogP contribution in [0.2, 0.25) is 0 Å². The molecule has 0 fully saturated rings. The zero-order valence-electron chi connectivity index (χ0n) is 6.71. The molecule has 0 spiro atoms. The standard InChI is InChI=1S/C7H7N3O2.Ag/c1-12-5-3-2-4-6(7(5)11)9-10-8-4;/h2-3,11H,1H3,(H,8,9,10);. The smallest absolute Gasteiger partial charge is 0.188 e. The molecule has 0 unspecified atom stereocenters. The number of aromatic hydroxyl groups is 1. The number of aromatic amines is 1. The summed E-state index contributed by atoms with van der Waals surface area (Å²) in [6.07, 6.45) is 0. The van der Waals surface area contributed by atoms with Gasteiger partial charge in [-0.15, -0.1) is 0 Å². The van der Waals surface area contributed by atoms with Crippen LogP contribution < -0.4 is 4.74 Å². The molecule has 0 saturated carbocycles. The molecule has 13 heavy (non-hydrogen) atoms. The molecular weight excluding hydrogens is 266 g/mol. The number of aromatic nitrogens is 3. The van der Waals surface area contributed by atoms with E-state index in [0.29, 0.717) is 16.8 Å². The van der Waals surface area contributed by atoms with Crippen LogP contribution in [0.4, 0.5) is 0 Å². The van der Waals surface area contributed by atoms with Crippen molar-refractivity contribution < 1.29 is 32.2 Å². The van der Waals surface area contributed by atoms with Crippen molar-refractivity contribution in [3.05, 3.63) is 12.1 Å². The molecule has 0 amide bonds. The van der Waals surface area contributed by atoms with Crippen molar-refractivity contribution in [3.8, 4) is 11.5 Å². The molecule has 1 heterocycles. The van der Waals surface area contributed by atoms with E-state index in [4.69, 9.17) is 4.74 Å². The van der Waals surface area contributed by atoms with E-state index < -0.39 is 0 Å². The van der Waals surface area contributed by atoms with Gasteiger partial charge >= 0.3 is 0 Å². The van der Waals surface area contributed by atoms with Gasteiger partial charge in [-0.3, -0.25) is 0 Å². The second-order valence-electron chi connectivity index (χ2n) is 2.31.